The van der Waals surface area contributed by atoms with Crippen molar-refractivity contribution >= 4 is 62.6 Å². The fourth-order valence-corrected chi connectivity index (χ4v) is 5.84. The number of aromatic nitrogens is 1. The van der Waals surface area contributed by atoms with Gasteiger partial charge in [-0.05, 0) is 42.5 Å². The molecule has 190 valence electrons. The van der Waals surface area contributed by atoms with E-state index in [0.717, 1.165) is 43.8 Å². The van der Waals surface area contributed by atoms with Crippen LogP contribution in [0, 0.1) is 0 Å². The Morgan fingerprint density at radius 1 is 1.11 bits per heavy atom. The topological polar surface area (TPSA) is 105 Å². The van der Waals surface area contributed by atoms with Crippen LogP contribution in [0.25, 0.3) is 11.1 Å². The first kappa shape index (κ1) is 27.3. The highest BCUT2D eigenvalue weighted by Crippen LogP contribution is 2.27. The van der Waals surface area contributed by atoms with E-state index < -0.39 is 10.0 Å². The minimum atomic E-state index is -3.58. The van der Waals surface area contributed by atoms with Crippen molar-refractivity contribution in [2.24, 2.45) is 0 Å². The number of rotatable bonds is 9. The van der Waals surface area contributed by atoms with Crippen molar-refractivity contribution in [1.82, 2.24) is 9.29 Å². The van der Waals surface area contributed by atoms with Crippen LogP contribution >= 0.6 is 24.2 Å². The maximum atomic E-state index is 12.7. The van der Waals surface area contributed by atoms with Gasteiger partial charge in [-0.15, -0.1) is 12.4 Å². The molecule has 4 rings (SSSR count). The lowest BCUT2D eigenvalue weighted by Gasteiger charge is -2.28. The standard InChI is InChI=1S/C23H28N4O5S2.ClH/c1-3-27(4-2)34(29,30)19-9-10-21-20(15-19)25-23(32-21)33-16-22(28)24-17-5-7-18(8-6-17)26-11-13-31-14-12-26;/h5-10,15H,3-4,11-14,16H2,1-2H3,(H,24,28);1H. The van der Waals surface area contributed by atoms with Crippen LogP contribution in [-0.4, -0.2) is 68.8 Å². The van der Waals surface area contributed by atoms with E-state index in [4.69, 9.17) is 9.15 Å². The molecule has 0 spiro atoms. The molecule has 1 N–H and O–H groups in total. The molecule has 0 atom stereocenters. The third-order valence-electron chi connectivity index (χ3n) is 5.54. The lowest BCUT2D eigenvalue weighted by atomic mass is 10.2. The summed E-state index contributed by atoms with van der Waals surface area (Å²) in [4.78, 5) is 19.2. The molecule has 1 aromatic heterocycles. The summed E-state index contributed by atoms with van der Waals surface area (Å²) < 4.78 is 37.9. The van der Waals surface area contributed by atoms with Crippen molar-refractivity contribution in [1.29, 1.82) is 0 Å². The van der Waals surface area contributed by atoms with Gasteiger partial charge in [0.15, 0.2) is 5.58 Å². The van der Waals surface area contributed by atoms with Gasteiger partial charge in [-0.3, -0.25) is 4.79 Å². The Morgan fingerprint density at radius 3 is 2.46 bits per heavy atom. The molecular weight excluding hydrogens is 512 g/mol. The maximum Gasteiger partial charge on any atom is 0.257 e. The molecule has 0 unspecified atom stereocenters. The number of carbonyl (C=O) groups is 1. The van der Waals surface area contributed by atoms with Crippen molar-refractivity contribution in [2.75, 3.05) is 55.4 Å². The number of carbonyl (C=O) groups excluding carboxylic acids is 1. The number of nitrogens with zero attached hydrogens (tertiary/aromatic N) is 3. The van der Waals surface area contributed by atoms with Crippen molar-refractivity contribution in [3.63, 3.8) is 0 Å². The van der Waals surface area contributed by atoms with Crippen LogP contribution in [-0.2, 0) is 19.6 Å². The van der Waals surface area contributed by atoms with Crippen LogP contribution in [0.1, 0.15) is 13.8 Å². The number of nitrogens with one attached hydrogen (secondary N) is 1. The highest BCUT2D eigenvalue weighted by Gasteiger charge is 2.23. The molecule has 2 aromatic carbocycles. The summed E-state index contributed by atoms with van der Waals surface area (Å²) in [7, 11) is -3.58. The minimum absolute atomic E-state index is 0. The predicted molar refractivity (Wildman–Crippen MR) is 140 cm³/mol. The van der Waals surface area contributed by atoms with E-state index in [1.54, 1.807) is 19.9 Å². The van der Waals surface area contributed by atoms with Crippen LogP contribution in [0.4, 0.5) is 11.4 Å². The molecule has 0 radical (unpaired) electrons. The van der Waals surface area contributed by atoms with Crippen molar-refractivity contribution < 1.29 is 22.4 Å². The van der Waals surface area contributed by atoms with Crippen LogP contribution in [0.5, 0.6) is 0 Å². The average Bonchev–Trinajstić information content (AvgIpc) is 3.27. The SMILES string of the molecule is CCN(CC)S(=O)(=O)c1ccc2oc(SCC(=O)Nc3ccc(N4CCOCC4)cc3)nc2c1.Cl. The number of hydrogen-bond donors (Lipinski definition) is 1. The molecule has 1 fully saturated rings. The first-order chi connectivity index (χ1) is 16.4. The average molecular weight is 541 g/mol. The maximum absolute atomic E-state index is 12.7. The van der Waals surface area contributed by atoms with Crippen LogP contribution < -0.4 is 10.2 Å². The first-order valence-corrected chi connectivity index (χ1v) is 13.6. The summed E-state index contributed by atoms with van der Waals surface area (Å²) >= 11 is 1.16. The molecule has 0 aliphatic carbocycles. The highest BCUT2D eigenvalue weighted by atomic mass is 35.5. The Labute approximate surface area is 215 Å². The minimum Gasteiger partial charge on any atom is -0.431 e. The summed E-state index contributed by atoms with van der Waals surface area (Å²) in [5.41, 5.74) is 2.73. The lowest BCUT2D eigenvalue weighted by Crippen LogP contribution is -2.36. The Kier molecular flexibility index (Phi) is 9.42. The molecule has 0 bridgehead atoms. The monoisotopic (exact) mass is 540 g/mol. The number of sulfonamides is 1. The summed E-state index contributed by atoms with van der Waals surface area (Å²) in [5, 5.41) is 3.18. The Balaban J connectivity index is 0.00000342. The predicted octanol–water partition coefficient (Wildman–Crippen LogP) is 3.85. The van der Waals surface area contributed by atoms with Gasteiger partial charge in [0.2, 0.25) is 15.9 Å². The van der Waals surface area contributed by atoms with E-state index in [1.807, 2.05) is 24.3 Å². The molecule has 1 aliphatic rings. The number of benzene rings is 2. The number of hydrogen-bond acceptors (Lipinski definition) is 8. The van der Waals surface area contributed by atoms with Gasteiger partial charge in [-0.1, -0.05) is 25.6 Å². The summed E-state index contributed by atoms with van der Waals surface area (Å²) in [6.07, 6.45) is 0. The summed E-state index contributed by atoms with van der Waals surface area (Å²) in [5.74, 6) is -0.0704. The van der Waals surface area contributed by atoms with E-state index in [2.05, 4.69) is 15.2 Å². The van der Waals surface area contributed by atoms with Crippen LogP contribution in [0.15, 0.2) is 57.0 Å². The molecule has 1 saturated heterocycles. The fraction of sp³-hybridized carbons (Fsp3) is 0.391. The Hall–Kier alpha value is -2.31. The number of amides is 1. The number of ether oxygens (including phenoxy) is 1. The van der Waals surface area contributed by atoms with Crippen LogP contribution in [0.3, 0.4) is 0 Å². The second kappa shape index (κ2) is 12.1. The number of morpholine rings is 1. The van der Waals surface area contributed by atoms with Crippen molar-refractivity contribution in [3.8, 4) is 0 Å². The molecule has 2 heterocycles. The molecule has 0 saturated carbocycles. The van der Waals surface area contributed by atoms with Gasteiger partial charge < -0.3 is 19.4 Å². The number of halogens is 1. The highest BCUT2D eigenvalue weighted by molar-refractivity contribution is 7.99. The third-order valence-corrected chi connectivity index (χ3v) is 8.41. The van der Waals surface area contributed by atoms with Gasteiger partial charge in [-0.2, -0.15) is 4.31 Å². The zero-order chi connectivity index (χ0) is 24.1. The van der Waals surface area contributed by atoms with Gasteiger partial charge in [0.05, 0.1) is 23.9 Å². The smallest absolute Gasteiger partial charge is 0.257 e. The Morgan fingerprint density at radius 2 is 1.80 bits per heavy atom. The number of thioether (sulfide) groups is 1. The fourth-order valence-electron chi connectivity index (χ4n) is 3.72. The van der Waals surface area contributed by atoms with Gasteiger partial charge in [0.25, 0.3) is 5.22 Å². The van der Waals surface area contributed by atoms with E-state index in [0.29, 0.717) is 35.1 Å². The zero-order valence-corrected chi connectivity index (χ0v) is 22.0. The van der Waals surface area contributed by atoms with Crippen molar-refractivity contribution in [3.05, 3.63) is 42.5 Å². The molecule has 9 nitrogen and oxygen atoms in total. The van der Waals surface area contributed by atoms with E-state index >= 15 is 0 Å². The summed E-state index contributed by atoms with van der Waals surface area (Å²) in [6.45, 7) is 7.54. The molecule has 1 amide bonds. The molecule has 12 heteroatoms. The summed E-state index contributed by atoms with van der Waals surface area (Å²) in [6, 6.07) is 12.3. The molecule has 1 aliphatic heterocycles. The van der Waals surface area contributed by atoms with E-state index in [9.17, 15) is 13.2 Å². The number of anilines is 2. The zero-order valence-electron chi connectivity index (χ0n) is 19.6. The molecule has 3 aromatic rings. The molecular formula is C23H29ClN4O5S2. The Bertz CT molecular complexity index is 1240. The molecule has 35 heavy (non-hydrogen) atoms. The van der Waals surface area contributed by atoms with E-state index in [-0.39, 0.29) is 29.0 Å². The van der Waals surface area contributed by atoms with Gasteiger partial charge >= 0.3 is 0 Å². The quantitative estimate of drug-likeness (QED) is 0.408. The van der Waals surface area contributed by atoms with E-state index in [1.165, 1.54) is 16.4 Å². The first-order valence-electron chi connectivity index (χ1n) is 11.2. The number of oxazole rings is 1. The number of fused-ring (bicyclic) bond motifs is 1. The second-order valence-corrected chi connectivity index (χ2v) is 10.5. The van der Waals surface area contributed by atoms with Gasteiger partial charge in [0, 0.05) is 37.6 Å². The van der Waals surface area contributed by atoms with Crippen LogP contribution in [0.2, 0.25) is 0 Å². The normalized spacial score (nSPS) is 14.2. The van der Waals surface area contributed by atoms with Crippen molar-refractivity contribution in [2.45, 2.75) is 24.0 Å². The largest absolute Gasteiger partial charge is 0.431 e. The van der Waals surface area contributed by atoms with Gasteiger partial charge in [-0.25, -0.2) is 13.4 Å². The lowest BCUT2D eigenvalue weighted by molar-refractivity contribution is -0.113. The third kappa shape index (κ3) is 6.47. The second-order valence-electron chi connectivity index (χ2n) is 7.68. The van der Waals surface area contributed by atoms with Gasteiger partial charge in [0.1, 0.15) is 5.52 Å².